The van der Waals surface area contributed by atoms with Crippen LogP contribution in [-0.4, -0.2) is 80.4 Å². The monoisotopic (exact) mass is 659 g/mol. The minimum Gasteiger partial charge on any atom is -0.387 e. The fourth-order valence-corrected chi connectivity index (χ4v) is 8.34. The van der Waals surface area contributed by atoms with E-state index in [0.717, 1.165) is 41.4 Å². The maximum atomic E-state index is 13.8. The maximum Gasteiger partial charge on any atom is 0.255 e. The largest absolute Gasteiger partial charge is 0.387 e. The Morgan fingerprint density at radius 3 is 2.49 bits per heavy atom. The van der Waals surface area contributed by atoms with E-state index in [1.165, 1.54) is 11.1 Å². The van der Waals surface area contributed by atoms with Crippen molar-refractivity contribution in [2.45, 2.75) is 70.1 Å². The minimum atomic E-state index is -0.690. The number of rotatable bonds is 9. The predicted molar refractivity (Wildman–Crippen MR) is 179 cm³/mol. The van der Waals surface area contributed by atoms with Gasteiger partial charge in [-0.15, -0.1) is 0 Å². The topological polar surface area (TPSA) is 166 Å². The Hall–Kier alpha value is -5.26. The van der Waals surface area contributed by atoms with Gasteiger partial charge >= 0.3 is 0 Å². The molecule has 12 heteroatoms. The molecule has 3 aliphatic carbocycles. The normalized spacial score (nSPS) is 26.3. The number of hydrogen-bond acceptors (Lipinski definition) is 9. The average Bonchev–Trinajstić information content (AvgIpc) is 3.30. The zero-order valence-corrected chi connectivity index (χ0v) is 27.0. The molecular weight excluding hydrogens is 622 g/mol. The molecule has 3 saturated carbocycles. The van der Waals surface area contributed by atoms with Gasteiger partial charge in [0.2, 0.25) is 23.4 Å². The van der Waals surface area contributed by atoms with Crippen molar-refractivity contribution in [2.24, 2.45) is 10.8 Å². The molecule has 3 aromatic rings. The molecule has 0 spiro atoms. The first-order valence-corrected chi connectivity index (χ1v) is 17.0. The molecule has 8 rings (SSSR count). The highest BCUT2D eigenvalue weighted by Gasteiger charge is 2.82. The van der Waals surface area contributed by atoms with Crippen LogP contribution in [0, 0.1) is 16.2 Å². The lowest BCUT2D eigenvalue weighted by Gasteiger charge is -2.40. The van der Waals surface area contributed by atoms with Gasteiger partial charge in [-0.25, -0.2) is 4.98 Å². The molecule has 12 nitrogen and oxygen atoms in total. The number of carbonyl (C=O) groups excluding carboxylic acids is 5. The quantitative estimate of drug-likeness (QED) is 0.233. The van der Waals surface area contributed by atoms with E-state index in [2.05, 4.69) is 20.6 Å². The summed E-state index contributed by atoms with van der Waals surface area (Å²) in [7, 11) is 0. The van der Waals surface area contributed by atoms with Gasteiger partial charge < -0.3 is 25.8 Å². The van der Waals surface area contributed by atoms with Crippen LogP contribution in [0.5, 0.6) is 0 Å². The van der Waals surface area contributed by atoms with Crippen LogP contribution in [0.2, 0.25) is 0 Å². The zero-order chi connectivity index (χ0) is 33.9. The van der Waals surface area contributed by atoms with Crippen molar-refractivity contribution in [3.05, 3.63) is 77.2 Å². The summed E-state index contributed by atoms with van der Waals surface area (Å²) in [6.45, 7) is 1.75. The Bertz CT molecular complexity index is 1980. The maximum absolute atomic E-state index is 13.8. The number of aromatic nitrogens is 2. The Morgan fingerprint density at radius 1 is 1.00 bits per heavy atom. The Kier molecular flexibility index (Phi) is 7.42. The van der Waals surface area contributed by atoms with Crippen molar-refractivity contribution >= 4 is 52.1 Å². The standard InChI is InChI=1S/C37H37N7O5/c38-16-24(29-19-40-27-3-1-2-4-28(27)42-29)18-39-25-9-13-43(14-10-25)35(49)37-12-11-36(37,21-37)34(48)41-17-22-5-6-26-23(15-22)20-44(33(26)47)30-7-8-31(45)32(30)46/h1-6,15-16,18-19,25,30,38-39H,7-14,17,20-21H2,(H,41,48)/b24-18+,38-16?. The molecule has 4 fully saturated rings. The fraction of sp³-hybridized carbons (Fsp3) is 0.405. The van der Waals surface area contributed by atoms with Gasteiger partial charge in [0.15, 0.2) is 0 Å². The van der Waals surface area contributed by atoms with Crippen molar-refractivity contribution in [3.63, 3.8) is 0 Å². The minimum absolute atomic E-state index is 0.0746. The number of piperidine rings is 1. The van der Waals surface area contributed by atoms with Gasteiger partial charge in [0.05, 0.1) is 39.8 Å². The summed E-state index contributed by atoms with van der Waals surface area (Å²) in [5, 5.41) is 14.4. The molecule has 3 N–H and O–H groups in total. The van der Waals surface area contributed by atoms with E-state index in [1.807, 2.05) is 41.4 Å². The number of amides is 3. The predicted octanol–water partition coefficient (Wildman–Crippen LogP) is 2.94. The Balaban J connectivity index is 0.842. The van der Waals surface area contributed by atoms with E-state index in [-0.39, 0.29) is 43.3 Å². The van der Waals surface area contributed by atoms with Crippen LogP contribution < -0.4 is 10.6 Å². The third-order valence-corrected chi connectivity index (χ3v) is 11.4. The summed E-state index contributed by atoms with van der Waals surface area (Å²) in [5.41, 5.74) is 3.70. The molecule has 2 aromatic carbocycles. The van der Waals surface area contributed by atoms with Crippen molar-refractivity contribution in [1.82, 2.24) is 30.4 Å². The number of hydrogen-bond donors (Lipinski definition) is 3. The van der Waals surface area contributed by atoms with Gasteiger partial charge in [-0.05, 0) is 67.9 Å². The van der Waals surface area contributed by atoms with Crippen molar-refractivity contribution < 1.29 is 24.0 Å². The highest BCUT2D eigenvalue weighted by Crippen LogP contribution is 2.78. The Morgan fingerprint density at radius 2 is 1.78 bits per heavy atom. The number of ketones is 2. The lowest BCUT2D eigenvalue weighted by molar-refractivity contribution is -0.148. The van der Waals surface area contributed by atoms with Gasteiger partial charge in [-0.1, -0.05) is 24.3 Å². The van der Waals surface area contributed by atoms with E-state index >= 15 is 0 Å². The molecule has 2 aliphatic heterocycles. The zero-order valence-electron chi connectivity index (χ0n) is 27.0. The lowest BCUT2D eigenvalue weighted by atomic mass is 9.72. The first-order chi connectivity index (χ1) is 23.7. The first-order valence-electron chi connectivity index (χ1n) is 17.0. The molecule has 1 aromatic heterocycles. The third-order valence-electron chi connectivity index (χ3n) is 11.4. The van der Waals surface area contributed by atoms with Gasteiger partial charge in [-0.3, -0.25) is 29.0 Å². The SMILES string of the molecule is N=C/C(=C\NC1CCN(C(=O)C23CCC2(C(=O)NCc2ccc4c(c2)CN(C2CCC(=O)C2=O)C4=O)C3)CC1)c1cnc2ccccc2n1. The second-order valence-corrected chi connectivity index (χ2v) is 14.0. The summed E-state index contributed by atoms with van der Waals surface area (Å²) < 4.78 is 0. The van der Waals surface area contributed by atoms with Crippen molar-refractivity contribution in [2.75, 3.05) is 13.1 Å². The van der Waals surface area contributed by atoms with Gasteiger partial charge in [-0.2, -0.15) is 0 Å². The molecular formula is C37H37N7O5. The first kappa shape index (κ1) is 31.0. The van der Waals surface area contributed by atoms with Crippen LogP contribution in [0.15, 0.2) is 54.9 Å². The summed E-state index contributed by atoms with van der Waals surface area (Å²) in [6, 6.07) is 12.5. The summed E-state index contributed by atoms with van der Waals surface area (Å²) in [5.74, 6) is -1.17. The van der Waals surface area contributed by atoms with E-state index in [1.54, 1.807) is 18.3 Å². The number of likely N-dealkylation sites (tertiary alicyclic amines) is 1. The second kappa shape index (κ2) is 11.7. The summed E-state index contributed by atoms with van der Waals surface area (Å²) >= 11 is 0. The van der Waals surface area contributed by atoms with Crippen molar-refractivity contribution in [1.29, 1.82) is 5.41 Å². The molecule has 1 saturated heterocycles. The molecule has 49 heavy (non-hydrogen) atoms. The van der Waals surface area contributed by atoms with Crippen LogP contribution in [0.1, 0.15) is 72.1 Å². The smallest absolute Gasteiger partial charge is 0.255 e. The summed E-state index contributed by atoms with van der Waals surface area (Å²) in [4.78, 5) is 76.7. The molecule has 0 radical (unpaired) electrons. The lowest BCUT2D eigenvalue weighted by Crippen LogP contribution is -2.52. The van der Waals surface area contributed by atoms with Gasteiger partial charge in [0.1, 0.15) is 0 Å². The van der Waals surface area contributed by atoms with E-state index in [0.29, 0.717) is 49.2 Å². The highest BCUT2D eigenvalue weighted by molar-refractivity contribution is 6.41. The van der Waals surface area contributed by atoms with Crippen LogP contribution >= 0.6 is 0 Å². The van der Waals surface area contributed by atoms with Crippen LogP contribution in [0.25, 0.3) is 16.6 Å². The number of Topliss-reactive ketones (excluding diaryl/α,β-unsaturated/α-hetero) is 2. The third kappa shape index (κ3) is 5.03. The number of fused-ring (bicyclic) bond motifs is 3. The second-order valence-electron chi connectivity index (χ2n) is 14.0. The van der Waals surface area contributed by atoms with Gasteiger partial charge in [0, 0.05) is 62.2 Å². The van der Waals surface area contributed by atoms with Crippen LogP contribution in [0.4, 0.5) is 0 Å². The highest BCUT2D eigenvalue weighted by atomic mass is 16.2. The number of allylic oxidation sites excluding steroid dienone is 1. The van der Waals surface area contributed by atoms with Crippen LogP contribution in [-0.2, 0) is 32.3 Å². The molecule has 3 atom stereocenters. The number of para-hydroxylation sites is 2. The van der Waals surface area contributed by atoms with Gasteiger partial charge in [0.25, 0.3) is 5.91 Å². The fourth-order valence-electron chi connectivity index (χ4n) is 8.34. The van der Waals surface area contributed by atoms with E-state index < -0.39 is 28.4 Å². The average molecular weight is 660 g/mol. The Labute approximate surface area is 282 Å². The molecule has 0 bridgehead atoms. The number of benzene rings is 2. The van der Waals surface area contributed by atoms with E-state index in [4.69, 9.17) is 5.41 Å². The molecule has 3 amide bonds. The van der Waals surface area contributed by atoms with E-state index in [9.17, 15) is 24.0 Å². The molecule has 250 valence electrons. The van der Waals surface area contributed by atoms with Crippen LogP contribution in [0.3, 0.4) is 0 Å². The number of nitrogens with one attached hydrogen (secondary N) is 3. The molecule has 3 heterocycles. The van der Waals surface area contributed by atoms with Crippen molar-refractivity contribution in [3.8, 4) is 0 Å². The molecule has 3 unspecified atom stereocenters. The number of carbonyl (C=O) groups is 5. The number of nitrogens with zero attached hydrogens (tertiary/aromatic N) is 4. The summed E-state index contributed by atoms with van der Waals surface area (Å²) in [6.07, 6.45) is 8.79. The molecule has 5 aliphatic rings.